The molecule has 0 bridgehead atoms. The van der Waals surface area contributed by atoms with Crippen molar-refractivity contribution in [2.75, 3.05) is 25.5 Å². The third kappa shape index (κ3) is 3.32. The number of pyridine rings is 1. The van der Waals surface area contributed by atoms with E-state index in [1.54, 1.807) is 6.07 Å². The number of likely N-dealkylation sites (tertiary alicyclic amines) is 1. The Morgan fingerprint density at radius 1 is 1.33 bits per heavy atom. The smallest absolute Gasteiger partial charge is 0.341 e. The van der Waals surface area contributed by atoms with Gasteiger partial charge < -0.3 is 19.9 Å². The van der Waals surface area contributed by atoms with Crippen molar-refractivity contribution in [2.24, 2.45) is 5.92 Å². The lowest BCUT2D eigenvalue weighted by Crippen LogP contribution is -2.28. The number of aromatic nitrogens is 1. The largest absolute Gasteiger partial charge is 0.477 e. The van der Waals surface area contributed by atoms with E-state index in [1.165, 1.54) is 12.3 Å². The Hall–Kier alpha value is -2.41. The zero-order chi connectivity index (χ0) is 19.3. The fraction of sp³-hybridized carbons (Fsp3) is 0.500. The molecule has 6 nitrogen and oxygen atoms in total. The Kier molecular flexibility index (Phi) is 4.42. The summed E-state index contributed by atoms with van der Waals surface area (Å²) in [5.74, 6) is -1.37. The highest BCUT2D eigenvalue weighted by Crippen LogP contribution is 2.38. The third-order valence-corrected chi connectivity index (χ3v) is 5.81. The van der Waals surface area contributed by atoms with Crippen LogP contribution in [0.1, 0.15) is 42.6 Å². The Bertz CT molecular complexity index is 967. The van der Waals surface area contributed by atoms with Gasteiger partial charge in [-0.1, -0.05) is 0 Å². The van der Waals surface area contributed by atoms with Crippen molar-refractivity contribution in [3.63, 3.8) is 0 Å². The molecule has 0 spiro atoms. The summed E-state index contributed by atoms with van der Waals surface area (Å²) >= 11 is 0. The predicted molar refractivity (Wildman–Crippen MR) is 102 cm³/mol. The number of rotatable bonds is 5. The summed E-state index contributed by atoms with van der Waals surface area (Å²) in [6.45, 7) is 4.06. The van der Waals surface area contributed by atoms with Crippen LogP contribution in [-0.2, 0) is 0 Å². The molecule has 2 heterocycles. The van der Waals surface area contributed by atoms with Crippen LogP contribution in [0.15, 0.2) is 23.1 Å². The van der Waals surface area contributed by atoms with Gasteiger partial charge in [0, 0.05) is 30.2 Å². The summed E-state index contributed by atoms with van der Waals surface area (Å²) in [7, 11) is 2.08. The number of carboxylic acids is 1. The zero-order valence-corrected chi connectivity index (χ0v) is 15.5. The second-order valence-corrected chi connectivity index (χ2v) is 7.91. The average molecular weight is 373 g/mol. The summed E-state index contributed by atoms with van der Waals surface area (Å²) < 4.78 is 16.6. The van der Waals surface area contributed by atoms with Crippen LogP contribution >= 0.6 is 0 Å². The molecular weight excluding hydrogens is 349 g/mol. The highest BCUT2D eigenvalue weighted by molar-refractivity contribution is 5.93. The van der Waals surface area contributed by atoms with Gasteiger partial charge in [0.05, 0.1) is 11.2 Å². The van der Waals surface area contributed by atoms with Crippen LogP contribution in [0, 0.1) is 11.7 Å². The molecule has 144 valence electrons. The first-order valence-corrected chi connectivity index (χ1v) is 9.42. The molecule has 0 amide bonds. The third-order valence-electron chi connectivity index (χ3n) is 5.81. The number of carboxylic acid groups (broad SMARTS) is 1. The molecule has 2 aromatic rings. The quantitative estimate of drug-likeness (QED) is 0.843. The van der Waals surface area contributed by atoms with E-state index in [9.17, 15) is 19.1 Å². The van der Waals surface area contributed by atoms with Crippen molar-refractivity contribution in [3.05, 3.63) is 39.9 Å². The fourth-order valence-corrected chi connectivity index (χ4v) is 4.03. The van der Waals surface area contributed by atoms with E-state index in [0.29, 0.717) is 17.1 Å². The van der Waals surface area contributed by atoms with E-state index >= 15 is 0 Å². The van der Waals surface area contributed by atoms with Gasteiger partial charge in [-0.15, -0.1) is 0 Å². The molecule has 2 atom stereocenters. The molecule has 2 unspecified atom stereocenters. The first-order valence-electron chi connectivity index (χ1n) is 9.42. The summed E-state index contributed by atoms with van der Waals surface area (Å²) in [6.07, 6.45) is 4.33. The number of aromatic carboxylic acids is 1. The van der Waals surface area contributed by atoms with Crippen LogP contribution in [0.5, 0.6) is 0 Å². The van der Waals surface area contributed by atoms with Gasteiger partial charge in [-0.25, -0.2) is 9.18 Å². The van der Waals surface area contributed by atoms with E-state index in [0.717, 1.165) is 32.4 Å². The molecule has 2 fully saturated rings. The zero-order valence-electron chi connectivity index (χ0n) is 15.5. The average Bonchev–Trinajstić information content (AvgIpc) is 3.36. The lowest BCUT2D eigenvalue weighted by Gasteiger charge is -2.23. The van der Waals surface area contributed by atoms with Crippen molar-refractivity contribution in [1.82, 2.24) is 9.47 Å². The number of benzene rings is 1. The van der Waals surface area contributed by atoms with Crippen LogP contribution in [0.25, 0.3) is 10.9 Å². The first kappa shape index (κ1) is 18.0. The number of anilines is 1. The lowest BCUT2D eigenvalue weighted by atomic mass is 10.00. The molecule has 2 N–H and O–H groups in total. The normalized spacial score (nSPS) is 21.5. The Labute approximate surface area is 156 Å². The van der Waals surface area contributed by atoms with Crippen molar-refractivity contribution in [3.8, 4) is 0 Å². The van der Waals surface area contributed by atoms with Gasteiger partial charge in [0.25, 0.3) is 0 Å². The summed E-state index contributed by atoms with van der Waals surface area (Å²) in [6, 6.07) is 3.11. The van der Waals surface area contributed by atoms with Gasteiger partial charge >= 0.3 is 5.97 Å². The SMILES string of the molecule is CC(Nc1cc2c(cc1F)c(=O)c(C(=O)O)cn2C1CC1)C1CCN(C)C1. The Morgan fingerprint density at radius 2 is 2.07 bits per heavy atom. The van der Waals surface area contributed by atoms with Gasteiger partial charge in [0.2, 0.25) is 5.43 Å². The number of hydrogen-bond acceptors (Lipinski definition) is 4. The fourth-order valence-electron chi connectivity index (χ4n) is 4.03. The van der Waals surface area contributed by atoms with E-state index in [-0.39, 0.29) is 23.0 Å². The summed E-state index contributed by atoms with van der Waals surface area (Å²) in [4.78, 5) is 26.2. The van der Waals surface area contributed by atoms with Crippen LogP contribution in [-0.4, -0.2) is 46.7 Å². The summed E-state index contributed by atoms with van der Waals surface area (Å²) in [5, 5.41) is 12.7. The van der Waals surface area contributed by atoms with Crippen molar-refractivity contribution < 1.29 is 14.3 Å². The highest BCUT2D eigenvalue weighted by Gasteiger charge is 2.28. The maximum absolute atomic E-state index is 14.7. The second kappa shape index (κ2) is 6.64. The Morgan fingerprint density at radius 3 is 2.67 bits per heavy atom. The lowest BCUT2D eigenvalue weighted by molar-refractivity contribution is 0.0695. The number of nitrogens with one attached hydrogen (secondary N) is 1. The molecule has 2 aliphatic rings. The molecule has 7 heteroatoms. The molecule has 27 heavy (non-hydrogen) atoms. The van der Waals surface area contributed by atoms with Gasteiger partial charge in [-0.05, 0) is 57.8 Å². The van der Waals surface area contributed by atoms with Crippen molar-refractivity contribution >= 4 is 22.6 Å². The van der Waals surface area contributed by atoms with E-state index in [2.05, 4.69) is 24.2 Å². The number of carbonyl (C=O) groups is 1. The minimum atomic E-state index is -1.28. The van der Waals surface area contributed by atoms with Gasteiger partial charge in [0.1, 0.15) is 11.4 Å². The molecule has 0 radical (unpaired) electrons. The molecule has 1 saturated heterocycles. The molecule has 1 aliphatic heterocycles. The van der Waals surface area contributed by atoms with Crippen molar-refractivity contribution in [2.45, 2.75) is 38.3 Å². The molecular formula is C20H24FN3O3. The number of hydrogen-bond donors (Lipinski definition) is 2. The number of fused-ring (bicyclic) bond motifs is 1. The monoisotopic (exact) mass is 373 g/mol. The number of halogens is 1. The predicted octanol–water partition coefficient (Wildman–Crippen LogP) is 2.93. The van der Waals surface area contributed by atoms with Gasteiger partial charge in [-0.2, -0.15) is 0 Å². The van der Waals surface area contributed by atoms with Crippen LogP contribution in [0.3, 0.4) is 0 Å². The maximum atomic E-state index is 14.7. The van der Waals surface area contributed by atoms with Crippen molar-refractivity contribution in [1.29, 1.82) is 0 Å². The topological polar surface area (TPSA) is 74.6 Å². The minimum Gasteiger partial charge on any atom is -0.477 e. The molecule has 1 aromatic carbocycles. The van der Waals surface area contributed by atoms with Crippen LogP contribution in [0.4, 0.5) is 10.1 Å². The van der Waals surface area contributed by atoms with E-state index in [1.807, 2.05) is 4.57 Å². The van der Waals surface area contributed by atoms with Crippen LogP contribution < -0.4 is 10.7 Å². The van der Waals surface area contributed by atoms with E-state index in [4.69, 9.17) is 0 Å². The van der Waals surface area contributed by atoms with Crippen LogP contribution in [0.2, 0.25) is 0 Å². The molecule has 1 aliphatic carbocycles. The minimum absolute atomic E-state index is 0.0984. The molecule has 1 aromatic heterocycles. The maximum Gasteiger partial charge on any atom is 0.341 e. The van der Waals surface area contributed by atoms with E-state index < -0.39 is 17.2 Å². The highest BCUT2D eigenvalue weighted by atomic mass is 19.1. The molecule has 1 saturated carbocycles. The Balaban J connectivity index is 1.76. The van der Waals surface area contributed by atoms with Gasteiger partial charge in [-0.3, -0.25) is 4.79 Å². The molecule has 4 rings (SSSR count). The summed E-state index contributed by atoms with van der Waals surface area (Å²) in [5.41, 5.74) is 0.00996. The first-order chi connectivity index (χ1) is 12.8. The number of nitrogens with zero attached hydrogens (tertiary/aromatic N) is 2. The second-order valence-electron chi connectivity index (χ2n) is 7.91. The van der Waals surface area contributed by atoms with Gasteiger partial charge in [0.15, 0.2) is 0 Å². The standard InChI is InChI=1S/C20H24FN3O3/c1-11(12-5-6-23(2)9-12)22-17-8-18-14(7-16(17)21)19(25)15(20(26)27)10-24(18)13-3-4-13/h7-8,10-13,22H,3-6,9H2,1-2H3,(H,26,27).